The number of morpholine rings is 1. The maximum Gasteiger partial charge on any atom is 0.297 e. The number of pyridine rings is 1. The largest absolute Gasteiger partial charge is 0.491 e. The summed E-state index contributed by atoms with van der Waals surface area (Å²) in [6.45, 7) is 13.0. The second kappa shape index (κ2) is 18.8. The highest BCUT2D eigenvalue weighted by Crippen LogP contribution is 2.31. The standard InChI is InChI=1S/C40H48N14O6S/c1-5-53-29(18-24(3)48-53)37(57)45-39-44-28-20-26(34(41)55)21-31(60-15-9-10-50-13-16-59-17-14-50)33(28)51(39)11-7-8-12-52-35-32(22-27(23-43-35)36(56)47-42)61-40(52)46-38(58)30-19-25(4)49-54(30)6-2/h7-8,18-23H,5-6,9-17,42H2,1-4H3,(H2,41,55)(H,47,56)(H,44,45,57)/b8-7+,46-40?. The Morgan fingerprint density at radius 3 is 2.30 bits per heavy atom. The molecule has 5 aromatic heterocycles. The molecule has 0 unspecified atom stereocenters. The highest BCUT2D eigenvalue weighted by molar-refractivity contribution is 7.16. The molecular weight excluding hydrogens is 805 g/mol. The molecule has 61 heavy (non-hydrogen) atoms. The Morgan fingerprint density at radius 1 is 0.918 bits per heavy atom. The Hall–Kier alpha value is -6.55. The van der Waals surface area contributed by atoms with Crippen LogP contribution in [0.5, 0.6) is 5.75 Å². The lowest BCUT2D eigenvalue weighted by Crippen LogP contribution is -2.37. The van der Waals surface area contributed by atoms with Gasteiger partial charge in [-0.15, -0.1) is 0 Å². The minimum absolute atomic E-state index is 0.190. The molecule has 6 heterocycles. The van der Waals surface area contributed by atoms with Crippen LogP contribution in [0.1, 0.15) is 73.3 Å². The molecule has 0 spiro atoms. The zero-order chi connectivity index (χ0) is 43.2. The molecule has 20 nitrogen and oxygen atoms in total. The number of nitrogens with one attached hydrogen (secondary N) is 2. The van der Waals surface area contributed by atoms with Gasteiger partial charge in [0.05, 0.1) is 47.0 Å². The molecular formula is C40H48N14O6S. The van der Waals surface area contributed by atoms with Crippen LogP contribution in [0, 0.1) is 13.8 Å². The number of nitrogen functional groups attached to an aromatic ring is 1. The van der Waals surface area contributed by atoms with E-state index in [0.717, 1.165) is 26.1 Å². The number of aryl methyl sites for hydroxylation is 4. The summed E-state index contributed by atoms with van der Waals surface area (Å²) in [5.74, 6) is 3.91. The number of imidazole rings is 1. The summed E-state index contributed by atoms with van der Waals surface area (Å²) in [6, 6.07) is 8.19. The van der Waals surface area contributed by atoms with E-state index in [1.54, 1.807) is 55.8 Å². The Bertz CT molecular complexity index is 2720. The number of hydrogen-bond acceptors (Lipinski definition) is 13. The molecule has 1 aromatic carbocycles. The van der Waals surface area contributed by atoms with Gasteiger partial charge in [0, 0.05) is 57.6 Å². The number of benzene rings is 1. The van der Waals surface area contributed by atoms with Crippen molar-refractivity contribution in [1.82, 2.24) is 49.0 Å². The number of carbonyl (C=O) groups excluding carboxylic acids is 4. The van der Waals surface area contributed by atoms with Gasteiger partial charge in [-0.3, -0.25) is 48.8 Å². The molecule has 0 saturated carbocycles. The molecule has 7 rings (SSSR count). The molecule has 1 saturated heterocycles. The van der Waals surface area contributed by atoms with Crippen molar-refractivity contribution >= 4 is 62.3 Å². The number of rotatable bonds is 16. The average Bonchev–Trinajstić information content (AvgIpc) is 4.02. The SMILES string of the molecule is CCn1nc(C)cc1C(=O)N=c1sc2cc(C(=O)NN)cnc2n1C/C=C/Cn1c(NC(=O)c2cc(C)nn2CC)nc2cc(C(N)=O)cc(OCCCN3CCOCC3)c21. The second-order valence-corrected chi connectivity index (χ2v) is 15.2. The lowest BCUT2D eigenvalue weighted by molar-refractivity contribution is 0.0358. The van der Waals surface area contributed by atoms with Crippen molar-refractivity contribution in [3.63, 3.8) is 0 Å². The number of hydrogen-bond donors (Lipinski definition) is 4. The highest BCUT2D eigenvalue weighted by atomic mass is 32.1. The van der Waals surface area contributed by atoms with Gasteiger partial charge in [0.2, 0.25) is 11.9 Å². The van der Waals surface area contributed by atoms with E-state index in [-0.39, 0.29) is 30.2 Å². The topological polar surface area (TPSA) is 250 Å². The van der Waals surface area contributed by atoms with Crippen LogP contribution in [0.15, 0.2) is 53.7 Å². The van der Waals surface area contributed by atoms with Crippen molar-refractivity contribution in [2.24, 2.45) is 16.6 Å². The van der Waals surface area contributed by atoms with Crippen LogP contribution in [0.2, 0.25) is 0 Å². The van der Waals surface area contributed by atoms with E-state index < -0.39 is 23.6 Å². The third-order valence-electron chi connectivity index (χ3n) is 10.0. The molecule has 320 valence electrons. The summed E-state index contributed by atoms with van der Waals surface area (Å²) in [4.78, 5) is 68.7. The van der Waals surface area contributed by atoms with Gasteiger partial charge < -0.3 is 19.8 Å². The van der Waals surface area contributed by atoms with Gasteiger partial charge in [-0.05, 0) is 64.4 Å². The third kappa shape index (κ3) is 9.44. The predicted octanol–water partition coefficient (Wildman–Crippen LogP) is 2.55. The molecule has 0 bridgehead atoms. The lowest BCUT2D eigenvalue weighted by atomic mass is 10.1. The van der Waals surface area contributed by atoms with Gasteiger partial charge in [0.25, 0.3) is 17.7 Å². The first kappa shape index (κ1) is 42.6. The van der Waals surface area contributed by atoms with Crippen molar-refractivity contribution in [3.05, 3.63) is 87.4 Å². The number of primary amides is 1. The number of nitrogens with zero attached hydrogens (tertiary/aromatic N) is 10. The Balaban J connectivity index is 1.25. The van der Waals surface area contributed by atoms with Crippen LogP contribution in [-0.4, -0.2) is 107 Å². The summed E-state index contributed by atoms with van der Waals surface area (Å²) in [5, 5.41) is 11.8. The summed E-state index contributed by atoms with van der Waals surface area (Å²) >= 11 is 1.20. The molecule has 0 atom stereocenters. The second-order valence-electron chi connectivity index (χ2n) is 14.2. The van der Waals surface area contributed by atoms with Crippen LogP contribution in [0.3, 0.4) is 0 Å². The fraction of sp³-hybridized carbons (Fsp3) is 0.375. The maximum atomic E-state index is 13.8. The van der Waals surface area contributed by atoms with E-state index in [9.17, 15) is 19.2 Å². The average molecular weight is 853 g/mol. The normalized spacial score (nSPS) is 13.8. The van der Waals surface area contributed by atoms with Gasteiger partial charge in [0.15, 0.2) is 10.4 Å². The first-order valence-electron chi connectivity index (χ1n) is 19.9. The first-order chi connectivity index (χ1) is 29.5. The molecule has 1 aliphatic heterocycles. The number of ether oxygens (including phenoxy) is 2. The smallest absolute Gasteiger partial charge is 0.297 e. The molecule has 1 fully saturated rings. The lowest BCUT2D eigenvalue weighted by Gasteiger charge is -2.26. The summed E-state index contributed by atoms with van der Waals surface area (Å²) < 4.78 is 19.2. The summed E-state index contributed by atoms with van der Waals surface area (Å²) in [7, 11) is 0. The molecule has 6 aromatic rings. The molecule has 4 amide bonds. The van der Waals surface area contributed by atoms with Crippen molar-refractivity contribution in [3.8, 4) is 5.75 Å². The quantitative estimate of drug-likeness (QED) is 0.0361. The van der Waals surface area contributed by atoms with E-state index in [0.29, 0.717) is 87.6 Å². The number of aromatic nitrogens is 8. The van der Waals surface area contributed by atoms with E-state index in [1.807, 2.05) is 32.9 Å². The third-order valence-corrected chi connectivity index (χ3v) is 11.0. The fourth-order valence-electron chi connectivity index (χ4n) is 7.06. The number of nitrogens with two attached hydrogens (primary N) is 2. The molecule has 21 heteroatoms. The zero-order valence-electron chi connectivity index (χ0n) is 34.4. The number of fused-ring (bicyclic) bond motifs is 2. The van der Waals surface area contributed by atoms with Gasteiger partial charge in [-0.2, -0.15) is 15.2 Å². The van der Waals surface area contributed by atoms with Crippen molar-refractivity contribution in [2.75, 3.05) is 44.8 Å². The van der Waals surface area contributed by atoms with Gasteiger partial charge >= 0.3 is 0 Å². The minimum Gasteiger partial charge on any atom is -0.491 e. The van der Waals surface area contributed by atoms with E-state index in [1.165, 1.54) is 17.5 Å². The number of thiazole rings is 1. The Morgan fingerprint density at radius 2 is 1.61 bits per heavy atom. The van der Waals surface area contributed by atoms with Gasteiger partial charge in [0.1, 0.15) is 22.7 Å². The number of carbonyl (C=O) groups is 4. The maximum absolute atomic E-state index is 13.8. The van der Waals surface area contributed by atoms with Crippen molar-refractivity contribution in [1.29, 1.82) is 0 Å². The number of amides is 4. The van der Waals surface area contributed by atoms with Crippen molar-refractivity contribution in [2.45, 2.75) is 60.3 Å². The van der Waals surface area contributed by atoms with E-state index in [4.69, 9.17) is 26.0 Å². The molecule has 0 aliphatic carbocycles. The van der Waals surface area contributed by atoms with Gasteiger partial charge in [-0.25, -0.2) is 15.8 Å². The zero-order valence-corrected chi connectivity index (χ0v) is 35.2. The van der Waals surface area contributed by atoms with Crippen LogP contribution >= 0.6 is 11.3 Å². The first-order valence-corrected chi connectivity index (χ1v) is 20.7. The van der Waals surface area contributed by atoms with Crippen LogP contribution in [0.25, 0.3) is 21.4 Å². The number of allylic oxidation sites excluding steroid dienone is 2. The van der Waals surface area contributed by atoms with Crippen molar-refractivity contribution < 1.29 is 28.7 Å². The minimum atomic E-state index is -0.652. The van der Waals surface area contributed by atoms with E-state index >= 15 is 0 Å². The number of anilines is 1. The summed E-state index contributed by atoms with van der Waals surface area (Å²) in [6.07, 6.45) is 5.86. The number of hydrazine groups is 1. The Labute approximate surface area is 353 Å². The van der Waals surface area contributed by atoms with Crippen LogP contribution in [0.4, 0.5) is 5.95 Å². The Kier molecular flexibility index (Phi) is 13.1. The van der Waals surface area contributed by atoms with Crippen LogP contribution in [-0.2, 0) is 30.9 Å². The fourth-order valence-corrected chi connectivity index (χ4v) is 8.10. The summed E-state index contributed by atoms with van der Waals surface area (Å²) in [5.41, 5.74) is 11.8. The predicted molar refractivity (Wildman–Crippen MR) is 227 cm³/mol. The van der Waals surface area contributed by atoms with Gasteiger partial charge in [-0.1, -0.05) is 23.5 Å². The monoisotopic (exact) mass is 852 g/mol. The molecule has 0 radical (unpaired) electrons. The van der Waals surface area contributed by atoms with E-state index in [2.05, 4.69) is 35.8 Å². The molecule has 1 aliphatic rings. The molecule has 6 N–H and O–H groups in total. The highest BCUT2D eigenvalue weighted by Gasteiger charge is 2.22. The van der Waals surface area contributed by atoms with Crippen LogP contribution < -0.4 is 31.9 Å².